The first-order valence-corrected chi connectivity index (χ1v) is 6.56. The molecule has 1 aromatic heterocycles. The lowest BCUT2D eigenvalue weighted by Gasteiger charge is -2.02. The van der Waals surface area contributed by atoms with Crippen molar-refractivity contribution in [2.24, 2.45) is 0 Å². The Balaban J connectivity index is 2.50. The lowest BCUT2D eigenvalue weighted by Crippen LogP contribution is -2.07. The summed E-state index contributed by atoms with van der Waals surface area (Å²) in [4.78, 5) is 16.0. The highest BCUT2D eigenvalue weighted by Crippen LogP contribution is 2.28. The number of nitrogens with zero attached hydrogens (tertiary/aromatic N) is 1. The number of benzene rings is 1. The molecule has 21 heavy (non-hydrogen) atoms. The van der Waals surface area contributed by atoms with Crippen LogP contribution in [-0.2, 0) is 4.74 Å². The topological polar surface area (TPSA) is 52.3 Å². The van der Waals surface area contributed by atoms with Gasteiger partial charge in [0, 0.05) is 11.6 Å². The zero-order valence-electron chi connectivity index (χ0n) is 11.9. The van der Waals surface area contributed by atoms with Crippen LogP contribution in [-0.4, -0.2) is 17.6 Å². The first-order valence-electron chi connectivity index (χ1n) is 6.56. The van der Waals surface area contributed by atoms with E-state index in [0.29, 0.717) is 5.69 Å². The van der Waals surface area contributed by atoms with Crippen molar-refractivity contribution < 1.29 is 22.7 Å². The van der Waals surface area contributed by atoms with Crippen LogP contribution in [0.4, 0.5) is 8.78 Å². The molecule has 0 N–H and O–H groups in total. The molecule has 0 radical (unpaired) electrons. The van der Waals surface area contributed by atoms with E-state index in [4.69, 9.17) is 9.15 Å². The summed E-state index contributed by atoms with van der Waals surface area (Å²) in [5.41, 5.74) is 0.526. The van der Waals surface area contributed by atoms with Crippen molar-refractivity contribution in [3.05, 3.63) is 41.3 Å². The second kappa shape index (κ2) is 6.03. The van der Waals surface area contributed by atoms with Gasteiger partial charge < -0.3 is 9.15 Å². The van der Waals surface area contributed by atoms with Gasteiger partial charge in [-0.15, -0.1) is 0 Å². The predicted octanol–water partition coefficient (Wildman–Crippen LogP) is 3.92. The van der Waals surface area contributed by atoms with Crippen molar-refractivity contribution in [2.45, 2.75) is 26.7 Å². The molecule has 0 aliphatic carbocycles. The molecule has 2 aromatic rings. The van der Waals surface area contributed by atoms with Gasteiger partial charge in [-0.2, -0.15) is 0 Å². The smallest absolute Gasteiger partial charge is 0.376 e. The maximum absolute atomic E-state index is 13.3. The van der Waals surface area contributed by atoms with Crippen LogP contribution in [0.15, 0.2) is 22.6 Å². The summed E-state index contributed by atoms with van der Waals surface area (Å²) < 4.78 is 36.8. The molecule has 0 spiro atoms. The summed E-state index contributed by atoms with van der Waals surface area (Å²) in [5, 5.41) is 0. The second-order valence-electron chi connectivity index (χ2n) is 4.77. The lowest BCUT2D eigenvalue weighted by atomic mass is 10.1. The average molecular weight is 295 g/mol. The molecule has 0 bridgehead atoms. The Labute approximate surface area is 120 Å². The van der Waals surface area contributed by atoms with Gasteiger partial charge in [-0.1, -0.05) is 13.8 Å². The monoisotopic (exact) mass is 295 g/mol. The molecule has 0 saturated heterocycles. The maximum Gasteiger partial charge on any atom is 0.376 e. The van der Waals surface area contributed by atoms with E-state index >= 15 is 0 Å². The highest BCUT2D eigenvalue weighted by atomic mass is 19.1. The molecule has 6 heteroatoms. The number of ether oxygens (including phenoxy) is 1. The Hall–Kier alpha value is -2.24. The molecular weight excluding hydrogens is 280 g/mol. The van der Waals surface area contributed by atoms with Crippen LogP contribution >= 0.6 is 0 Å². The molecule has 0 saturated carbocycles. The van der Waals surface area contributed by atoms with Crippen LogP contribution < -0.4 is 0 Å². The first-order chi connectivity index (χ1) is 9.92. The fourth-order valence-electron chi connectivity index (χ4n) is 1.87. The first kappa shape index (κ1) is 15.2. The normalized spacial score (nSPS) is 11.0. The molecule has 4 nitrogen and oxygen atoms in total. The van der Waals surface area contributed by atoms with Crippen LogP contribution in [0.5, 0.6) is 0 Å². The number of rotatable bonds is 4. The van der Waals surface area contributed by atoms with E-state index in [1.54, 1.807) is 6.92 Å². The van der Waals surface area contributed by atoms with Crippen LogP contribution in [0.1, 0.15) is 42.9 Å². The third-order valence-electron chi connectivity index (χ3n) is 2.77. The molecule has 0 atom stereocenters. The van der Waals surface area contributed by atoms with E-state index in [1.165, 1.54) is 0 Å². The summed E-state index contributed by atoms with van der Waals surface area (Å²) in [6.45, 7) is 5.53. The van der Waals surface area contributed by atoms with E-state index in [-0.39, 0.29) is 29.7 Å². The van der Waals surface area contributed by atoms with Gasteiger partial charge in [-0.3, -0.25) is 0 Å². The van der Waals surface area contributed by atoms with Crippen molar-refractivity contribution in [3.63, 3.8) is 0 Å². The van der Waals surface area contributed by atoms with Gasteiger partial charge >= 0.3 is 5.97 Å². The predicted molar refractivity (Wildman–Crippen MR) is 71.9 cm³/mol. The molecule has 0 aliphatic heterocycles. The highest BCUT2D eigenvalue weighted by Gasteiger charge is 2.24. The van der Waals surface area contributed by atoms with Crippen molar-refractivity contribution in [1.82, 2.24) is 4.98 Å². The molecule has 1 aromatic carbocycles. The maximum atomic E-state index is 13.3. The number of halogens is 2. The van der Waals surface area contributed by atoms with Gasteiger partial charge in [-0.05, 0) is 25.0 Å². The van der Waals surface area contributed by atoms with E-state index in [2.05, 4.69) is 4.98 Å². The number of aromatic nitrogens is 1. The quantitative estimate of drug-likeness (QED) is 0.802. The average Bonchev–Trinajstić information content (AvgIpc) is 2.83. The Morgan fingerprint density at radius 1 is 1.29 bits per heavy atom. The van der Waals surface area contributed by atoms with E-state index in [1.807, 2.05) is 13.8 Å². The molecule has 112 valence electrons. The third-order valence-corrected chi connectivity index (χ3v) is 2.77. The zero-order valence-corrected chi connectivity index (χ0v) is 11.9. The van der Waals surface area contributed by atoms with Gasteiger partial charge in [0.1, 0.15) is 11.6 Å². The summed E-state index contributed by atoms with van der Waals surface area (Å²) in [7, 11) is 0. The molecule has 1 heterocycles. The molecule has 0 fully saturated rings. The molecule has 0 amide bonds. The van der Waals surface area contributed by atoms with Crippen LogP contribution in [0.3, 0.4) is 0 Å². The Bertz CT molecular complexity index is 645. The summed E-state index contributed by atoms with van der Waals surface area (Å²) in [6.07, 6.45) is 0. The number of hydrogen-bond acceptors (Lipinski definition) is 4. The van der Waals surface area contributed by atoms with E-state index < -0.39 is 17.6 Å². The Kier molecular flexibility index (Phi) is 4.35. The van der Waals surface area contributed by atoms with Gasteiger partial charge in [0.2, 0.25) is 11.7 Å². The summed E-state index contributed by atoms with van der Waals surface area (Å²) in [6, 6.07) is 2.93. The number of hydrogen-bond donors (Lipinski definition) is 0. The fourth-order valence-corrected chi connectivity index (χ4v) is 1.87. The van der Waals surface area contributed by atoms with Crippen molar-refractivity contribution >= 4 is 5.97 Å². The Morgan fingerprint density at radius 3 is 2.43 bits per heavy atom. The standard InChI is InChI=1S/C15H15F2NO3/c1-4-20-15(19)13-12(8(2)3)18-14(21-13)9-5-10(16)7-11(17)6-9/h5-8H,4H2,1-3H3. The van der Waals surface area contributed by atoms with Gasteiger partial charge in [0.25, 0.3) is 0 Å². The minimum absolute atomic E-state index is 0.0137. The second-order valence-corrected chi connectivity index (χ2v) is 4.77. The fraction of sp³-hybridized carbons (Fsp3) is 0.333. The molecule has 0 aliphatic rings. The minimum atomic E-state index is -0.744. The van der Waals surface area contributed by atoms with Gasteiger partial charge in [0.05, 0.1) is 12.3 Å². The number of oxazole rings is 1. The molecular formula is C15H15F2NO3. The van der Waals surface area contributed by atoms with E-state index in [0.717, 1.165) is 18.2 Å². The lowest BCUT2D eigenvalue weighted by molar-refractivity contribution is 0.0488. The number of carbonyl (C=O) groups excluding carboxylic acids is 1. The minimum Gasteiger partial charge on any atom is -0.460 e. The Morgan fingerprint density at radius 2 is 1.90 bits per heavy atom. The third kappa shape index (κ3) is 3.26. The van der Waals surface area contributed by atoms with Gasteiger partial charge in [-0.25, -0.2) is 18.6 Å². The summed E-state index contributed by atoms with van der Waals surface area (Å²) >= 11 is 0. The van der Waals surface area contributed by atoms with Crippen LogP contribution in [0.2, 0.25) is 0 Å². The summed E-state index contributed by atoms with van der Waals surface area (Å²) in [5.74, 6) is -2.28. The van der Waals surface area contributed by atoms with E-state index in [9.17, 15) is 13.6 Å². The van der Waals surface area contributed by atoms with Gasteiger partial charge in [0.15, 0.2) is 0 Å². The van der Waals surface area contributed by atoms with Crippen molar-refractivity contribution in [3.8, 4) is 11.5 Å². The van der Waals surface area contributed by atoms with Crippen molar-refractivity contribution in [2.75, 3.05) is 6.61 Å². The SMILES string of the molecule is CCOC(=O)c1oc(-c2cc(F)cc(F)c2)nc1C(C)C. The number of carbonyl (C=O) groups is 1. The number of esters is 1. The molecule has 2 rings (SSSR count). The van der Waals surface area contributed by atoms with Crippen molar-refractivity contribution in [1.29, 1.82) is 0 Å². The molecule has 0 unspecified atom stereocenters. The largest absolute Gasteiger partial charge is 0.460 e. The van der Waals surface area contributed by atoms with Crippen LogP contribution in [0, 0.1) is 11.6 Å². The van der Waals surface area contributed by atoms with Crippen LogP contribution in [0.25, 0.3) is 11.5 Å². The zero-order chi connectivity index (χ0) is 15.6. The highest BCUT2D eigenvalue weighted by molar-refractivity contribution is 5.88.